The summed E-state index contributed by atoms with van der Waals surface area (Å²) in [6.07, 6.45) is 4.07. The Balaban J connectivity index is 1.88. The Labute approximate surface area is 126 Å². The molecule has 4 heteroatoms. The van der Waals surface area contributed by atoms with E-state index in [1.165, 1.54) is 24.8 Å². The molecule has 2 nitrogen and oxygen atoms in total. The zero-order valence-electron chi connectivity index (χ0n) is 10.6. The van der Waals surface area contributed by atoms with Gasteiger partial charge in [0, 0.05) is 28.1 Å². The first-order valence-corrected chi connectivity index (χ1v) is 8.05. The van der Waals surface area contributed by atoms with Gasteiger partial charge in [0.05, 0.1) is 6.10 Å². The van der Waals surface area contributed by atoms with Crippen molar-refractivity contribution < 1.29 is 4.74 Å². The summed E-state index contributed by atoms with van der Waals surface area (Å²) in [5.41, 5.74) is 1.29. The maximum absolute atomic E-state index is 5.73. The van der Waals surface area contributed by atoms with E-state index in [9.17, 15) is 0 Å². The Bertz CT molecular complexity index is 391. The molecule has 0 amide bonds. The van der Waals surface area contributed by atoms with E-state index in [4.69, 9.17) is 4.74 Å². The zero-order valence-corrected chi connectivity index (χ0v) is 13.8. The minimum atomic E-state index is 0.331. The van der Waals surface area contributed by atoms with Crippen molar-refractivity contribution in [2.24, 2.45) is 0 Å². The molecule has 0 bridgehead atoms. The van der Waals surface area contributed by atoms with Crippen LogP contribution in [0.2, 0.25) is 0 Å². The van der Waals surface area contributed by atoms with Gasteiger partial charge in [-0.3, -0.25) is 0 Å². The molecule has 1 aromatic carbocycles. The Morgan fingerprint density at radius 1 is 1.39 bits per heavy atom. The van der Waals surface area contributed by atoms with Crippen molar-refractivity contribution in [1.82, 2.24) is 5.32 Å². The minimum absolute atomic E-state index is 0.331. The molecular weight excluding hydrogens is 358 g/mol. The maximum atomic E-state index is 5.73. The third-order valence-corrected chi connectivity index (χ3v) is 4.53. The van der Waals surface area contributed by atoms with Gasteiger partial charge in [-0.05, 0) is 43.9 Å². The van der Waals surface area contributed by atoms with Crippen LogP contribution in [0.25, 0.3) is 0 Å². The number of nitrogens with one attached hydrogen (secondary N) is 1. The van der Waals surface area contributed by atoms with Gasteiger partial charge in [0.25, 0.3) is 0 Å². The van der Waals surface area contributed by atoms with E-state index in [2.05, 4.69) is 62.3 Å². The van der Waals surface area contributed by atoms with Gasteiger partial charge < -0.3 is 10.1 Å². The lowest BCUT2D eigenvalue weighted by Gasteiger charge is -2.25. The van der Waals surface area contributed by atoms with E-state index < -0.39 is 0 Å². The van der Waals surface area contributed by atoms with Gasteiger partial charge in [0.2, 0.25) is 0 Å². The smallest absolute Gasteiger partial charge is 0.0699 e. The highest BCUT2D eigenvalue weighted by molar-refractivity contribution is 9.11. The Kier molecular flexibility index (Phi) is 5.67. The Morgan fingerprint density at radius 3 is 2.89 bits per heavy atom. The molecule has 1 aliphatic heterocycles. The van der Waals surface area contributed by atoms with E-state index >= 15 is 0 Å². The summed E-state index contributed by atoms with van der Waals surface area (Å²) in [6, 6.07) is 6.64. The molecule has 2 atom stereocenters. The van der Waals surface area contributed by atoms with Crippen molar-refractivity contribution in [1.29, 1.82) is 0 Å². The van der Waals surface area contributed by atoms with Crippen LogP contribution < -0.4 is 5.32 Å². The van der Waals surface area contributed by atoms with Gasteiger partial charge in [-0.1, -0.05) is 37.9 Å². The highest BCUT2D eigenvalue weighted by Gasteiger charge is 2.16. The van der Waals surface area contributed by atoms with E-state index in [1.807, 2.05) is 0 Å². The second-order valence-electron chi connectivity index (χ2n) is 4.78. The number of hydrogen-bond donors (Lipinski definition) is 1. The predicted molar refractivity (Wildman–Crippen MR) is 81.9 cm³/mol. The molecule has 0 spiro atoms. The highest BCUT2D eigenvalue weighted by atomic mass is 79.9. The summed E-state index contributed by atoms with van der Waals surface area (Å²) in [7, 11) is 0. The topological polar surface area (TPSA) is 21.3 Å². The summed E-state index contributed by atoms with van der Waals surface area (Å²) in [5, 5.41) is 3.56. The normalized spacial score (nSPS) is 21.8. The van der Waals surface area contributed by atoms with Gasteiger partial charge in [-0.2, -0.15) is 0 Å². The number of hydrogen-bond acceptors (Lipinski definition) is 2. The fourth-order valence-electron chi connectivity index (χ4n) is 2.24. The van der Waals surface area contributed by atoms with Gasteiger partial charge in [-0.15, -0.1) is 0 Å². The second kappa shape index (κ2) is 7.04. The van der Waals surface area contributed by atoms with Crippen LogP contribution in [0.5, 0.6) is 0 Å². The molecule has 100 valence electrons. The SMILES string of the molecule is CC(NCC1CCCCO1)c1ccc(Br)cc1Br. The number of halogens is 2. The fraction of sp³-hybridized carbons (Fsp3) is 0.571. The van der Waals surface area contributed by atoms with Crippen LogP contribution in [-0.2, 0) is 4.74 Å². The van der Waals surface area contributed by atoms with Crippen LogP contribution in [0, 0.1) is 0 Å². The van der Waals surface area contributed by atoms with Gasteiger partial charge in [0.15, 0.2) is 0 Å². The quantitative estimate of drug-likeness (QED) is 0.839. The first-order valence-electron chi connectivity index (χ1n) is 6.47. The monoisotopic (exact) mass is 375 g/mol. The van der Waals surface area contributed by atoms with Crippen molar-refractivity contribution in [3.63, 3.8) is 0 Å². The van der Waals surface area contributed by atoms with Gasteiger partial charge in [0.1, 0.15) is 0 Å². The van der Waals surface area contributed by atoms with E-state index in [0.717, 1.165) is 22.1 Å². The average molecular weight is 377 g/mol. The molecule has 0 aliphatic carbocycles. The molecule has 2 unspecified atom stereocenters. The highest BCUT2D eigenvalue weighted by Crippen LogP contribution is 2.27. The van der Waals surface area contributed by atoms with Crippen LogP contribution in [0.15, 0.2) is 27.1 Å². The summed E-state index contributed by atoms with van der Waals surface area (Å²) in [5.74, 6) is 0. The number of ether oxygens (including phenoxy) is 1. The first kappa shape index (κ1) is 14.5. The van der Waals surface area contributed by atoms with Crippen molar-refractivity contribution in [3.8, 4) is 0 Å². The molecule has 0 saturated carbocycles. The average Bonchev–Trinajstić information content (AvgIpc) is 2.37. The Morgan fingerprint density at radius 2 is 2.22 bits per heavy atom. The minimum Gasteiger partial charge on any atom is -0.377 e. The molecule has 0 radical (unpaired) electrons. The number of benzene rings is 1. The molecule has 1 aliphatic rings. The zero-order chi connectivity index (χ0) is 13.0. The third-order valence-electron chi connectivity index (χ3n) is 3.35. The second-order valence-corrected chi connectivity index (χ2v) is 6.55. The molecule has 1 aromatic rings. The molecular formula is C14H19Br2NO. The van der Waals surface area contributed by atoms with Crippen molar-refractivity contribution >= 4 is 31.9 Å². The van der Waals surface area contributed by atoms with Crippen LogP contribution >= 0.6 is 31.9 Å². The predicted octanol–water partition coefficient (Wildman–Crippen LogP) is 4.43. The van der Waals surface area contributed by atoms with Crippen LogP contribution in [0.4, 0.5) is 0 Å². The summed E-state index contributed by atoms with van der Waals surface area (Å²) in [6.45, 7) is 4.04. The maximum Gasteiger partial charge on any atom is 0.0699 e. The molecule has 18 heavy (non-hydrogen) atoms. The lowest BCUT2D eigenvalue weighted by Crippen LogP contribution is -2.33. The van der Waals surface area contributed by atoms with Crippen molar-refractivity contribution in [2.75, 3.05) is 13.2 Å². The van der Waals surface area contributed by atoms with E-state index in [0.29, 0.717) is 12.1 Å². The molecule has 1 heterocycles. The van der Waals surface area contributed by atoms with E-state index in [1.54, 1.807) is 0 Å². The lowest BCUT2D eigenvalue weighted by atomic mass is 10.1. The van der Waals surface area contributed by atoms with Crippen molar-refractivity contribution in [3.05, 3.63) is 32.7 Å². The third kappa shape index (κ3) is 4.05. The van der Waals surface area contributed by atoms with Gasteiger partial charge >= 0.3 is 0 Å². The lowest BCUT2D eigenvalue weighted by molar-refractivity contribution is 0.0156. The first-order chi connectivity index (χ1) is 8.66. The summed E-state index contributed by atoms with van der Waals surface area (Å²) in [4.78, 5) is 0. The molecule has 1 N–H and O–H groups in total. The summed E-state index contributed by atoms with van der Waals surface area (Å²) >= 11 is 7.09. The molecule has 0 aromatic heterocycles. The standard InChI is InChI=1S/C14H19Br2NO/c1-10(13-6-5-11(15)8-14(13)16)17-9-12-4-2-3-7-18-12/h5-6,8,10,12,17H,2-4,7,9H2,1H3. The fourth-order valence-corrected chi connectivity index (χ4v) is 3.63. The van der Waals surface area contributed by atoms with Crippen molar-refractivity contribution in [2.45, 2.75) is 38.3 Å². The van der Waals surface area contributed by atoms with Gasteiger partial charge in [-0.25, -0.2) is 0 Å². The number of rotatable bonds is 4. The summed E-state index contributed by atoms with van der Waals surface area (Å²) < 4.78 is 7.97. The molecule has 1 saturated heterocycles. The van der Waals surface area contributed by atoms with Crippen LogP contribution in [-0.4, -0.2) is 19.3 Å². The Hall–Kier alpha value is 0.1000. The molecule has 2 rings (SSSR count). The van der Waals surface area contributed by atoms with Crippen LogP contribution in [0.1, 0.15) is 37.8 Å². The molecule has 1 fully saturated rings. The van der Waals surface area contributed by atoms with Crippen LogP contribution in [0.3, 0.4) is 0 Å². The largest absolute Gasteiger partial charge is 0.377 e. The van der Waals surface area contributed by atoms with E-state index in [-0.39, 0.29) is 0 Å².